The minimum absolute atomic E-state index is 0.0983. The number of hydrogen-bond acceptors (Lipinski definition) is 5. The van der Waals surface area contributed by atoms with Crippen LogP contribution in [-0.2, 0) is 4.74 Å². The minimum atomic E-state index is -0.507. The van der Waals surface area contributed by atoms with Crippen molar-refractivity contribution in [2.75, 3.05) is 12.4 Å². The summed E-state index contributed by atoms with van der Waals surface area (Å²) in [4.78, 5) is 19.4. The molecule has 1 heterocycles. The van der Waals surface area contributed by atoms with Crippen LogP contribution in [0.25, 0.3) is 0 Å². The second-order valence-corrected chi connectivity index (χ2v) is 4.73. The number of nitrogens with zero attached hydrogens (tertiary/aromatic N) is 2. The van der Waals surface area contributed by atoms with Crippen LogP contribution >= 0.6 is 0 Å². The molecule has 2 rings (SSSR count). The Kier molecular flexibility index (Phi) is 4.12. The summed E-state index contributed by atoms with van der Waals surface area (Å²) >= 11 is 0. The lowest BCUT2D eigenvalue weighted by Gasteiger charge is -2.20. The van der Waals surface area contributed by atoms with Crippen molar-refractivity contribution in [1.82, 2.24) is 9.97 Å². The van der Waals surface area contributed by atoms with Gasteiger partial charge in [0.25, 0.3) is 0 Å². The van der Waals surface area contributed by atoms with Gasteiger partial charge in [-0.2, -0.15) is 0 Å². The second-order valence-electron chi connectivity index (χ2n) is 4.73. The molecule has 1 aliphatic rings. The topological polar surface area (TPSA) is 64.1 Å². The van der Waals surface area contributed by atoms with Gasteiger partial charge in [0.2, 0.25) is 5.82 Å². The highest BCUT2D eigenvalue weighted by Gasteiger charge is 2.21. The molecule has 1 aromatic rings. The van der Waals surface area contributed by atoms with Crippen molar-refractivity contribution in [3.8, 4) is 0 Å². The van der Waals surface area contributed by atoms with E-state index in [1.807, 2.05) is 0 Å². The van der Waals surface area contributed by atoms with Crippen molar-refractivity contribution < 1.29 is 9.53 Å². The zero-order chi connectivity index (χ0) is 13.0. The van der Waals surface area contributed by atoms with Gasteiger partial charge in [0.05, 0.1) is 7.11 Å². The number of anilines is 1. The molecule has 1 aromatic heterocycles. The Balaban J connectivity index is 2.02. The summed E-state index contributed by atoms with van der Waals surface area (Å²) in [6, 6.07) is 2.14. The molecule has 0 aromatic carbocycles. The third kappa shape index (κ3) is 2.97. The predicted octanol–water partition coefficient (Wildman–Crippen LogP) is 2.25. The van der Waals surface area contributed by atoms with Crippen molar-refractivity contribution >= 4 is 11.8 Å². The summed E-state index contributed by atoms with van der Waals surface area (Å²) in [5.41, 5.74) is 0. The fraction of sp³-hybridized carbons (Fsp3) is 0.615. The third-order valence-electron chi connectivity index (χ3n) is 3.51. The highest BCUT2D eigenvalue weighted by molar-refractivity contribution is 5.85. The molecule has 1 fully saturated rings. The molecule has 0 aliphatic heterocycles. The number of carbonyl (C=O) groups excluding carboxylic acids is 1. The maximum atomic E-state index is 11.3. The Hall–Kier alpha value is -1.65. The minimum Gasteiger partial charge on any atom is -0.463 e. The van der Waals surface area contributed by atoms with E-state index in [1.54, 1.807) is 12.3 Å². The number of esters is 1. The number of methoxy groups -OCH3 is 1. The predicted molar refractivity (Wildman–Crippen MR) is 68.4 cm³/mol. The van der Waals surface area contributed by atoms with E-state index in [9.17, 15) is 4.79 Å². The zero-order valence-corrected chi connectivity index (χ0v) is 10.8. The maximum Gasteiger partial charge on any atom is 0.376 e. The van der Waals surface area contributed by atoms with Gasteiger partial charge in [-0.25, -0.2) is 14.8 Å². The van der Waals surface area contributed by atoms with Crippen LogP contribution in [0.15, 0.2) is 12.3 Å². The first-order valence-corrected chi connectivity index (χ1v) is 6.38. The molecule has 1 unspecified atom stereocenters. The Morgan fingerprint density at radius 1 is 1.50 bits per heavy atom. The normalized spacial score (nSPS) is 17.4. The first kappa shape index (κ1) is 12.8. The molecule has 5 nitrogen and oxygen atoms in total. The summed E-state index contributed by atoms with van der Waals surface area (Å²) in [6.07, 6.45) is 6.73. The Morgan fingerprint density at radius 3 is 2.89 bits per heavy atom. The van der Waals surface area contributed by atoms with E-state index in [1.165, 1.54) is 32.8 Å². The molecule has 1 saturated carbocycles. The molecule has 0 radical (unpaired) electrons. The van der Waals surface area contributed by atoms with Gasteiger partial charge < -0.3 is 10.1 Å². The van der Waals surface area contributed by atoms with Crippen LogP contribution < -0.4 is 5.32 Å². The third-order valence-corrected chi connectivity index (χ3v) is 3.51. The average Bonchev–Trinajstić information content (AvgIpc) is 2.92. The molecular weight excluding hydrogens is 230 g/mol. The van der Waals surface area contributed by atoms with Gasteiger partial charge in [0, 0.05) is 12.2 Å². The number of nitrogens with one attached hydrogen (secondary N) is 1. The van der Waals surface area contributed by atoms with Gasteiger partial charge >= 0.3 is 5.97 Å². The summed E-state index contributed by atoms with van der Waals surface area (Å²) in [7, 11) is 1.33. The van der Waals surface area contributed by atoms with Crippen LogP contribution in [0.1, 0.15) is 43.2 Å². The zero-order valence-electron chi connectivity index (χ0n) is 10.8. The molecule has 0 bridgehead atoms. The molecule has 5 heteroatoms. The van der Waals surface area contributed by atoms with Gasteiger partial charge in [-0.05, 0) is 31.7 Å². The maximum absolute atomic E-state index is 11.3. The molecule has 0 amide bonds. The fourth-order valence-electron chi connectivity index (χ4n) is 2.44. The lowest BCUT2D eigenvalue weighted by Crippen LogP contribution is -2.24. The lowest BCUT2D eigenvalue weighted by atomic mass is 10.00. The molecule has 98 valence electrons. The van der Waals surface area contributed by atoms with E-state index < -0.39 is 5.97 Å². The van der Waals surface area contributed by atoms with Crippen molar-refractivity contribution in [3.05, 3.63) is 18.1 Å². The van der Waals surface area contributed by atoms with Gasteiger partial charge in [0.1, 0.15) is 5.82 Å². The van der Waals surface area contributed by atoms with Crippen LogP contribution in [-0.4, -0.2) is 29.1 Å². The summed E-state index contributed by atoms with van der Waals surface area (Å²) in [5, 5.41) is 3.34. The standard InChI is InChI=1S/C13H19N3O2/c1-9(10-5-3-4-6-10)15-11-7-8-14-12(16-11)13(17)18-2/h7-10H,3-6H2,1-2H3,(H,14,15,16). The molecule has 0 saturated heterocycles. The SMILES string of the molecule is COC(=O)c1nccc(NC(C)C2CCCC2)n1. The van der Waals surface area contributed by atoms with E-state index in [0.717, 1.165) is 0 Å². The van der Waals surface area contributed by atoms with E-state index in [0.29, 0.717) is 17.8 Å². The first-order valence-electron chi connectivity index (χ1n) is 6.38. The van der Waals surface area contributed by atoms with Crippen molar-refractivity contribution in [3.63, 3.8) is 0 Å². The number of rotatable bonds is 4. The highest BCUT2D eigenvalue weighted by atomic mass is 16.5. The lowest BCUT2D eigenvalue weighted by molar-refractivity contribution is 0.0587. The van der Waals surface area contributed by atoms with E-state index in [4.69, 9.17) is 0 Å². The fourth-order valence-corrected chi connectivity index (χ4v) is 2.44. The molecular formula is C13H19N3O2. The van der Waals surface area contributed by atoms with E-state index >= 15 is 0 Å². The molecule has 1 N–H and O–H groups in total. The summed E-state index contributed by atoms with van der Waals surface area (Å²) < 4.78 is 4.60. The van der Waals surface area contributed by atoms with Gasteiger partial charge in [-0.15, -0.1) is 0 Å². The van der Waals surface area contributed by atoms with E-state index in [-0.39, 0.29) is 5.82 Å². The number of hydrogen-bond donors (Lipinski definition) is 1. The first-order chi connectivity index (χ1) is 8.70. The van der Waals surface area contributed by atoms with E-state index in [2.05, 4.69) is 26.9 Å². The molecule has 1 atom stereocenters. The smallest absolute Gasteiger partial charge is 0.376 e. The van der Waals surface area contributed by atoms with Crippen molar-refractivity contribution in [1.29, 1.82) is 0 Å². The Labute approximate surface area is 107 Å². The number of ether oxygens (including phenoxy) is 1. The summed E-state index contributed by atoms with van der Waals surface area (Å²) in [5.74, 6) is 0.972. The average molecular weight is 249 g/mol. The van der Waals surface area contributed by atoms with Crippen molar-refractivity contribution in [2.45, 2.75) is 38.6 Å². The Morgan fingerprint density at radius 2 is 2.22 bits per heavy atom. The molecule has 0 spiro atoms. The quantitative estimate of drug-likeness (QED) is 0.829. The Bertz CT molecular complexity index is 416. The molecule has 1 aliphatic carbocycles. The van der Waals surface area contributed by atoms with Crippen molar-refractivity contribution in [2.24, 2.45) is 5.92 Å². The highest BCUT2D eigenvalue weighted by Crippen LogP contribution is 2.28. The van der Waals surface area contributed by atoms with Crippen LogP contribution in [0.4, 0.5) is 5.82 Å². The van der Waals surface area contributed by atoms with Crippen LogP contribution in [0.5, 0.6) is 0 Å². The van der Waals surface area contributed by atoms with Crippen LogP contribution in [0, 0.1) is 5.92 Å². The van der Waals surface area contributed by atoms with Gasteiger partial charge in [-0.1, -0.05) is 12.8 Å². The van der Waals surface area contributed by atoms with Gasteiger partial charge in [0.15, 0.2) is 0 Å². The number of aromatic nitrogens is 2. The van der Waals surface area contributed by atoms with Crippen LogP contribution in [0.3, 0.4) is 0 Å². The second kappa shape index (κ2) is 5.80. The number of carbonyl (C=O) groups is 1. The summed E-state index contributed by atoms with van der Waals surface area (Å²) in [6.45, 7) is 2.16. The van der Waals surface area contributed by atoms with Crippen LogP contribution in [0.2, 0.25) is 0 Å². The molecule has 18 heavy (non-hydrogen) atoms. The monoisotopic (exact) mass is 249 g/mol. The van der Waals surface area contributed by atoms with Gasteiger partial charge in [-0.3, -0.25) is 0 Å². The largest absolute Gasteiger partial charge is 0.463 e.